The Hall–Kier alpha value is -1.42. The van der Waals surface area contributed by atoms with Gasteiger partial charge >= 0.3 is 0 Å². The minimum absolute atomic E-state index is 0.198. The molecule has 1 aliphatic carbocycles. The van der Waals surface area contributed by atoms with Crippen LogP contribution in [0.15, 0.2) is 24.3 Å². The van der Waals surface area contributed by atoms with Gasteiger partial charge in [-0.05, 0) is 36.0 Å². The highest BCUT2D eigenvalue weighted by molar-refractivity contribution is 5.32. The van der Waals surface area contributed by atoms with Crippen LogP contribution in [0.25, 0.3) is 0 Å². The van der Waals surface area contributed by atoms with E-state index in [1.807, 2.05) is 12.1 Å². The Morgan fingerprint density at radius 3 is 2.30 bits per heavy atom. The second-order valence-electron chi connectivity index (χ2n) is 6.22. The van der Waals surface area contributed by atoms with Crippen molar-refractivity contribution in [2.24, 2.45) is 11.8 Å². The molecule has 1 fully saturated rings. The molecule has 2 rings (SSSR count). The molecule has 108 valence electrons. The van der Waals surface area contributed by atoms with Crippen LogP contribution in [0.3, 0.4) is 0 Å². The van der Waals surface area contributed by atoms with E-state index in [0.717, 1.165) is 18.3 Å². The van der Waals surface area contributed by atoms with Crippen molar-refractivity contribution < 1.29 is 5.11 Å². The molecule has 1 saturated carbocycles. The summed E-state index contributed by atoms with van der Waals surface area (Å²) in [6.45, 7) is 2.28. The van der Waals surface area contributed by atoms with Crippen molar-refractivity contribution in [3.05, 3.63) is 29.8 Å². The summed E-state index contributed by atoms with van der Waals surface area (Å²) in [5, 5.41) is 9.36. The Labute approximate surface area is 123 Å². The maximum absolute atomic E-state index is 9.36. The minimum Gasteiger partial charge on any atom is -0.508 e. The lowest BCUT2D eigenvalue weighted by Gasteiger charge is -2.29. The highest BCUT2D eigenvalue weighted by Gasteiger charge is 2.23. The predicted molar refractivity (Wildman–Crippen MR) is 84.7 cm³/mol. The van der Waals surface area contributed by atoms with E-state index in [4.69, 9.17) is 6.42 Å². The monoisotopic (exact) mass is 270 g/mol. The second-order valence-corrected chi connectivity index (χ2v) is 6.22. The van der Waals surface area contributed by atoms with Gasteiger partial charge in [0.1, 0.15) is 5.75 Å². The first-order chi connectivity index (χ1) is 9.72. The van der Waals surface area contributed by atoms with Crippen LogP contribution in [0.5, 0.6) is 5.75 Å². The first-order valence-corrected chi connectivity index (χ1v) is 7.98. The first kappa shape index (κ1) is 15.0. The molecular formula is C19H26O. The van der Waals surface area contributed by atoms with Crippen LogP contribution in [0.4, 0.5) is 0 Å². The first-order valence-electron chi connectivity index (χ1n) is 7.98. The SMILES string of the molecule is C#CC(CC1CCC(CCC)CC1)c1ccc(O)cc1. The van der Waals surface area contributed by atoms with Gasteiger partial charge in [-0.1, -0.05) is 63.5 Å². The Morgan fingerprint density at radius 2 is 1.75 bits per heavy atom. The van der Waals surface area contributed by atoms with Gasteiger partial charge in [-0.15, -0.1) is 6.42 Å². The number of aromatic hydroxyl groups is 1. The van der Waals surface area contributed by atoms with Crippen molar-refractivity contribution in [2.45, 2.75) is 57.8 Å². The summed E-state index contributed by atoms with van der Waals surface area (Å²) in [5.41, 5.74) is 1.17. The lowest BCUT2D eigenvalue weighted by molar-refractivity contribution is 0.248. The van der Waals surface area contributed by atoms with Gasteiger partial charge < -0.3 is 5.11 Å². The molecule has 0 heterocycles. The van der Waals surface area contributed by atoms with E-state index < -0.39 is 0 Å². The Balaban J connectivity index is 1.88. The molecule has 1 nitrogen and oxygen atoms in total. The van der Waals surface area contributed by atoms with Gasteiger partial charge in [0.05, 0.1) is 0 Å². The largest absolute Gasteiger partial charge is 0.508 e. The number of hydrogen-bond acceptors (Lipinski definition) is 1. The van der Waals surface area contributed by atoms with Crippen molar-refractivity contribution in [3.8, 4) is 18.1 Å². The molecular weight excluding hydrogens is 244 g/mol. The Morgan fingerprint density at radius 1 is 1.15 bits per heavy atom. The Kier molecular flexibility index (Phi) is 5.53. The normalized spacial score (nSPS) is 24.0. The van der Waals surface area contributed by atoms with Crippen molar-refractivity contribution in [2.75, 3.05) is 0 Å². The molecule has 0 aromatic heterocycles. The highest BCUT2D eigenvalue weighted by Crippen LogP contribution is 2.37. The quantitative estimate of drug-likeness (QED) is 0.737. The predicted octanol–water partition coefficient (Wildman–Crippen LogP) is 5.11. The molecule has 1 atom stereocenters. The van der Waals surface area contributed by atoms with Crippen LogP contribution in [-0.4, -0.2) is 5.11 Å². The van der Waals surface area contributed by atoms with Crippen LogP contribution in [-0.2, 0) is 0 Å². The van der Waals surface area contributed by atoms with Crippen molar-refractivity contribution in [1.82, 2.24) is 0 Å². The van der Waals surface area contributed by atoms with Gasteiger partial charge in [0.15, 0.2) is 0 Å². The topological polar surface area (TPSA) is 20.2 Å². The average molecular weight is 270 g/mol. The number of phenolic OH excluding ortho intramolecular Hbond substituents is 1. The average Bonchev–Trinajstić information content (AvgIpc) is 2.48. The molecule has 0 spiro atoms. The summed E-state index contributed by atoms with van der Waals surface area (Å²) < 4.78 is 0. The standard InChI is InChI=1S/C19H26O/c1-3-5-15-6-8-16(9-7-15)14-17(4-2)18-10-12-19(20)13-11-18/h2,10-13,15-17,20H,3,5-9,14H2,1H3. The zero-order valence-electron chi connectivity index (χ0n) is 12.5. The molecule has 1 heteroatoms. The summed E-state index contributed by atoms with van der Waals surface area (Å²) in [7, 11) is 0. The lowest BCUT2D eigenvalue weighted by Crippen LogP contribution is -2.16. The van der Waals surface area contributed by atoms with E-state index in [1.54, 1.807) is 12.1 Å². The number of rotatable bonds is 5. The number of phenols is 1. The van der Waals surface area contributed by atoms with Crippen LogP contribution >= 0.6 is 0 Å². The molecule has 1 aromatic rings. The van der Waals surface area contributed by atoms with Gasteiger partial charge in [0.25, 0.3) is 0 Å². The molecule has 1 N–H and O–H groups in total. The fourth-order valence-electron chi connectivity index (χ4n) is 3.50. The Bertz CT molecular complexity index is 432. The third-order valence-electron chi connectivity index (χ3n) is 4.73. The third kappa shape index (κ3) is 4.04. The smallest absolute Gasteiger partial charge is 0.115 e. The van der Waals surface area contributed by atoms with Gasteiger partial charge in [-0.25, -0.2) is 0 Å². The molecule has 20 heavy (non-hydrogen) atoms. The maximum Gasteiger partial charge on any atom is 0.115 e. The molecule has 0 aliphatic heterocycles. The second kappa shape index (κ2) is 7.39. The molecule has 1 aliphatic rings. The van der Waals surface area contributed by atoms with Gasteiger partial charge in [-0.3, -0.25) is 0 Å². The highest BCUT2D eigenvalue weighted by atomic mass is 16.3. The number of benzene rings is 1. The molecule has 1 unspecified atom stereocenters. The van der Waals surface area contributed by atoms with Crippen molar-refractivity contribution >= 4 is 0 Å². The van der Waals surface area contributed by atoms with Gasteiger partial charge in [0.2, 0.25) is 0 Å². The third-order valence-corrected chi connectivity index (χ3v) is 4.73. The van der Waals surface area contributed by atoms with E-state index in [2.05, 4.69) is 12.8 Å². The van der Waals surface area contributed by atoms with Crippen LogP contribution < -0.4 is 0 Å². The summed E-state index contributed by atoms with van der Waals surface area (Å²) >= 11 is 0. The molecule has 0 saturated heterocycles. The van der Waals surface area contributed by atoms with Gasteiger partial charge in [-0.2, -0.15) is 0 Å². The summed E-state index contributed by atoms with van der Waals surface area (Å²) in [6, 6.07) is 7.39. The van der Waals surface area contributed by atoms with Crippen LogP contribution in [0.2, 0.25) is 0 Å². The van der Waals surface area contributed by atoms with Crippen molar-refractivity contribution in [3.63, 3.8) is 0 Å². The fraction of sp³-hybridized carbons (Fsp3) is 0.579. The zero-order valence-corrected chi connectivity index (χ0v) is 12.5. The van der Waals surface area contributed by atoms with E-state index in [1.165, 1.54) is 44.1 Å². The fourth-order valence-corrected chi connectivity index (χ4v) is 3.50. The number of terminal acetylenes is 1. The van der Waals surface area contributed by atoms with E-state index >= 15 is 0 Å². The molecule has 0 amide bonds. The zero-order chi connectivity index (χ0) is 14.4. The van der Waals surface area contributed by atoms with E-state index in [0.29, 0.717) is 5.75 Å². The summed E-state index contributed by atoms with van der Waals surface area (Å²) in [5.74, 6) is 5.18. The van der Waals surface area contributed by atoms with Crippen LogP contribution in [0, 0.1) is 24.2 Å². The van der Waals surface area contributed by atoms with E-state index in [9.17, 15) is 5.11 Å². The lowest BCUT2D eigenvalue weighted by atomic mass is 9.76. The van der Waals surface area contributed by atoms with Gasteiger partial charge in [0, 0.05) is 5.92 Å². The minimum atomic E-state index is 0.198. The maximum atomic E-state index is 9.36. The molecule has 1 aromatic carbocycles. The molecule has 0 radical (unpaired) electrons. The van der Waals surface area contributed by atoms with Crippen LogP contribution in [0.1, 0.15) is 63.4 Å². The summed E-state index contributed by atoms with van der Waals surface area (Å²) in [6.07, 6.45) is 15.0. The molecule has 0 bridgehead atoms. The van der Waals surface area contributed by atoms with Crippen molar-refractivity contribution in [1.29, 1.82) is 0 Å². The van der Waals surface area contributed by atoms with E-state index in [-0.39, 0.29) is 5.92 Å². The summed E-state index contributed by atoms with van der Waals surface area (Å²) in [4.78, 5) is 0. The number of hydrogen-bond donors (Lipinski definition) is 1.